The Balaban J connectivity index is 1.71. The smallest absolute Gasteiger partial charge is 0.335 e. The molecule has 2 N–H and O–H groups in total. The molecule has 164 valence electrons. The molecule has 0 bridgehead atoms. The Morgan fingerprint density at radius 3 is 2.72 bits per heavy atom. The van der Waals surface area contributed by atoms with Gasteiger partial charge < -0.3 is 14.6 Å². The lowest BCUT2D eigenvalue weighted by atomic mass is 10.1. The van der Waals surface area contributed by atoms with Crippen LogP contribution in [0, 0.1) is 0 Å². The van der Waals surface area contributed by atoms with Crippen LogP contribution >= 0.6 is 23.2 Å². The zero-order chi connectivity index (χ0) is 23.1. The number of halogens is 2. The number of hydrogen-bond acceptors (Lipinski definition) is 6. The molecule has 32 heavy (non-hydrogen) atoms. The zero-order valence-corrected chi connectivity index (χ0v) is 18.2. The Labute approximate surface area is 193 Å². The number of amides is 1. The summed E-state index contributed by atoms with van der Waals surface area (Å²) in [6.07, 6.45) is 2.86. The van der Waals surface area contributed by atoms with Crippen molar-refractivity contribution in [1.82, 2.24) is 10.4 Å². The first-order valence-electron chi connectivity index (χ1n) is 9.15. The number of hydrazone groups is 1. The highest BCUT2D eigenvalue weighted by atomic mass is 35.5. The summed E-state index contributed by atoms with van der Waals surface area (Å²) in [4.78, 5) is 27.1. The third-order valence-electron chi connectivity index (χ3n) is 4.19. The SMILES string of the molecule is COc1cc(C=NNC(=O)c2cccnc2Cl)cc(Cl)c1OCc1cccc(C(=O)O)c1. The van der Waals surface area contributed by atoms with Crippen molar-refractivity contribution in [3.05, 3.63) is 87.2 Å². The van der Waals surface area contributed by atoms with Gasteiger partial charge in [0, 0.05) is 6.20 Å². The lowest BCUT2D eigenvalue weighted by Gasteiger charge is -2.13. The van der Waals surface area contributed by atoms with Crippen LogP contribution in [0.2, 0.25) is 10.2 Å². The molecule has 2 aromatic carbocycles. The average molecular weight is 474 g/mol. The van der Waals surface area contributed by atoms with Crippen molar-refractivity contribution < 1.29 is 24.2 Å². The van der Waals surface area contributed by atoms with Crippen LogP contribution in [0.5, 0.6) is 11.5 Å². The molecule has 0 aliphatic carbocycles. The molecular weight excluding hydrogens is 457 g/mol. The van der Waals surface area contributed by atoms with Crippen molar-refractivity contribution in [3.8, 4) is 11.5 Å². The number of benzene rings is 2. The number of methoxy groups -OCH3 is 1. The summed E-state index contributed by atoms with van der Waals surface area (Å²) in [6, 6.07) is 12.7. The van der Waals surface area contributed by atoms with E-state index in [9.17, 15) is 9.59 Å². The first-order chi connectivity index (χ1) is 15.4. The van der Waals surface area contributed by atoms with Crippen molar-refractivity contribution in [2.24, 2.45) is 5.10 Å². The van der Waals surface area contributed by atoms with Gasteiger partial charge in [0.15, 0.2) is 11.5 Å². The van der Waals surface area contributed by atoms with Gasteiger partial charge >= 0.3 is 5.97 Å². The van der Waals surface area contributed by atoms with Crippen molar-refractivity contribution in [2.75, 3.05) is 7.11 Å². The summed E-state index contributed by atoms with van der Waals surface area (Å²) in [5.74, 6) is -0.904. The van der Waals surface area contributed by atoms with Gasteiger partial charge in [-0.15, -0.1) is 0 Å². The molecule has 3 aromatic rings. The zero-order valence-electron chi connectivity index (χ0n) is 16.7. The first kappa shape index (κ1) is 23.1. The van der Waals surface area contributed by atoms with E-state index in [1.54, 1.807) is 30.3 Å². The molecule has 0 spiro atoms. The normalized spacial score (nSPS) is 10.7. The van der Waals surface area contributed by atoms with Crippen molar-refractivity contribution in [1.29, 1.82) is 0 Å². The topological polar surface area (TPSA) is 110 Å². The van der Waals surface area contributed by atoms with Crippen LogP contribution in [0.3, 0.4) is 0 Å². The Kier molecular flexibility index (Phi) is 7.64. The van der Waals surface area contributed by atoms with E-state index in [-0.39, 0.29) is 27.9 Å². The third kappa shape index (κ3) is 5.75. The maximum atomic E-state index is 12.1. The highest BCUT2D eigenvalue weighted by Crippen LogP contribution is 2.36. The van der Waals surface area contributed by atoms with Crippen LogP contribution in [0.4, 0.5) is 0 Å². The van der Waals surface area contributed by atoms with E-state index in [2.05, 4.69) is 15.5 Å². The molecule has 0 saturated heterocycles. The number of nitrogens with one attached hydrogen (secondary N) is 1. The second kappa shape index (κ2) is 10.6. The average Bonchev–Trinajstić information content (AvgIpc) is 2.78. The van der Waals surface area contributed by atoms with Gasteiger partial charge in [0.25, 0.3) is 5.91 Å². The van der Waals surface area contributed by atoms with Crippen molar-refractivity contribution in [2.45, 2.75) is 6.61 Å². The standard InChI is InChI=1S/C22H17Cl2N3O5/c1-31-18-10-14(11-26-27-21(28)16-6-3-7-25-20(16)24)9-17(23)19(18)32-12-13-4-2-5-15(8-13)22(29)30/h2-11H,12H2,1H3,(H,27,28)(H,29,30). The third-order valence-corrected chi connectivity index (χ3v) is 4.77. The maximum absolute atomic E-state index is 12.1. The van der Waals surface area contributed by atoms with E-state index >= 15 is 0 Å². The molecule has 0 unspecified atom stereocenters. The van der Waals surface area contributed by atoms with Crippen molar-refractivity contribution >= 4 is 41.3 Å². The molecule has 0 aliphatic heterocycles. The maximum Gasteiger partial charge on any atom is 0.335 e. The van der Waals surface area contributed by atoms with E-state index in [0.29, 0.717) is 22.6 Å². The van der Waals surface area contributed by atoms with Crippen LogP contribution in [0.1, 0.15) is 31.8 Å². The number of carbonyl (C=O) groups is 2. The number of aromatic nitrogens is 1. The molecule has 10 heteroatoms. The lowest BCUT2D eigenvalue weighted by Crippen LogP contribution is -2.18. The fourth-order valence-electron chi connectivity index (χ4n) is 2.69. The predicted molar refractivity (Wildman–Crippen MR) is 120 cm³/mol. The molecule has 1 aromatic heterocycles. The largest absolute Gasteiger partial charge is 0.493 e. The van der Waals surface area contributed by atoms with Crippen LogP contribution < -0.4 is 14.9 Å². The fraction of sp³-hybridized carbons (Fsp3) is 0.0909. The minimum atomic E-state index is -1.02. The Morgan fingerprint density at radius 1 is 1.19 bits per heavy atom. The summed E-state index contributed by atoms with van der Waals surface area (Å²) in [5, 5.41) is 13.3. The predicted octanol–water partition coefficient (Wildman–Crippen LogP) is 4.44. The van der Waals surface area contributed by atoms with Gasteiger partial charge in [-0.05, 0) is 47.5 Å². The second-order valence-corrected chi connectivity index (χ2v) is 7.13. The quantitative estimate of drug-likeness (QED) is 0.284. The van der Waals surface area contributed by atoms with Gasteiger partial charge in [-0.3, -0.25) is 4.79 Å². The van der Waals surface area contributed by atoms with Gasteiger partial charge in [-0.2, -0.15) is 5.10 Å². The van der Waals surface area contributed by atoms with Crippen LogP contribution in [0.25, 0.3) is 0 Å². The van der Waals surface area contributed by atoms with Gasteiger partial charge in [-0.25, -0.2) is 15.2 Å². The Hall–Kier alpha value is -3.62. The van der Waals surface area contributed by atoms with Crippen LogP contribution in [-0.2, 0) is 6.61 Å². The molecule has 0 radical (unpaired) electrons. The van der Waals surface area contributed by atoms with Crippen molar-refractivity contribution in [3.63, 3.8) is 0 Å². The van der Waals surface area contributed by atoms with E-state index < -0.39 is 11.9 Å². The monoisotopic (exact) mass is 473 g/mol. The van der Waals surface area contributed by atoms with Gasteiger partial charge in [0.2, 0.25) is 0 Å². The molecule has 1 amide bonds. The van der Waals surface area contributed by atoms with Gasteiger partial charge in [0.05, 0.1) is 29.5 Å². The number of ether oxygens (including phenoxy) is 2. The van der Waals surface area contributed by atoms with Crippen LogP contribution in [-0.4, -0.2) is 35.3 Å². The number of aromatic carboxylic acids is 1. The van der Waals surface area contributed by atoms with Crippen LogP contribution in [0.15, 0.2) is 59.8 Å². The first-order valence-corrected chi connectivity index (χ1v) is 9.91. The molecule has 1 heterocycles. The molecule has 0 atom stereocenters. The summed E-state index contributed by atoms with van der Waals surface area (Å²) in [5.41, 5.74) is 3.92. The van der Waals surface area contributed by atoms with E-state index in [1.807, 2.05) is 0 Å². The fourth-order valence-corrected chi connectivity index (χ4v) is 3.16. The number of hydrogen-bond donors (Lipinski definition) is 2. The number of pyridine rings is 1. The molecule has 3 rings (SSSR count). The molecular formula is C22H17Cl2N3O5. The lowest BCUT2D eigenvalue weighted by molar-refractivity contribution is 0.0696. The van der Waals surface area contributed by atoms with Gasteiger partial charge in [-0.1, -0.05) is 35.3 Å². The molecule has 8 nitrogen and oxygen atoms in total. The number of carbonyl (C=O) groups excluding carboxylic acids is 1. The molecule has 0 aliphatic rings. The summed E-state index contributed by atoms with van der Waals surface area (Å²) in [6.45, 7) is 0.0898. The highest BCUT2D eigenvalue weighted by molar-refractivity contribution is 6.33. The number of rotatable bonds is 8. The number of carboxylic acids is 1. The van der Waals surface area contributed by atoms with E-state index in [0.717, 1.165) is 0 Å². The number of nitrogens with zero attached hydrogens (tertiary/aromatic N) is 2. The highest BCUT2D eigenvalue weighted by Gasteiger charge is 2.13. The summed E-state index contributed by atoms with van der Waals surface area (Å²) < 4.78 is 11.1. The summed E-state index contributed by atoms with van der Waals surface area (Å²) >= 11 is 12.2. The van der Waals surface area contributed by atoms with Gasteiger partial charge in [0.1, 0.15) is 11.8 Å². The minimum Gasteiger partial charge on any atom is -0.493 e. The Bertz CT molecular complexity index is 1180. The molecule has 0 saturated carbocycles. The number of carboxylic acid groups (broad SMARTS) is 1. The van der Waals surface area contributed by atoms with E-state index in [4.69, 9.17) is 37.8 Å². The Morgan fingerprint density at radius 2 is 2.00 bits per heavy atom. The molecule has 0 fully saturated rings. The second-order valence-electron chi connectivity index (χ2n) is 6.37. The minimum absolute atomic E-state index is 0.0697. The van der Waals surface area contributed by atoms with E-state index in [1.165, 1.54) is 37.7 Å². The summed E-state index contributed by atoms with van der Waals surface area (Å²) in [7, 11) is 1.46.